The van der Waals surface area contributed by atoms with E-state index in [4.69, 9.17) is 5.11 Å². The summed E-state index contributed by atoms with van der Waals surface area (Å²) in [6.45, 7) is 2.59. The normalized spacial score (nSPS) is 23.2. The van der Waals surface area contributed by atoms with Gasteiger partial charge in [0, 0.05) is 15.9 Å². The second-order valence-corrected chi connectivity index (χ2v) is 3.28. The maximum absolute atomic E-state index is 10.4. The smallest absolute Gasteiger partial charge is 0.289 e. The van der Waals surface area contributed by atoms with Gasteiger partial charge in [-0.05, 0) is 6.92 Å². The summed E-state index contributed by atoms with van der Waals surface area (Å²) in [5.74, 6) is 0. The molecule has 1 heterocycles. The van der Waals surface area contributed by atoms with E-state index in [0.29, 0.717) is 13.1 Å². The van der Waals surface area contributed by atoms with Crippen LogP contribution in [0.5, 0.6) is 0 Å². The number of carbonyl (C=O) groups is 1. The highest BCUT2D eigenvalue weighted by molar-refractivity contribution is 9.18. The van der Waals surface area contributed by atoms with Crippen molar-refractivity contribution in [1.29, 1.82) is 0 Å². The van der Waals surface area contributed by atoms with Crippen LogP contribution in [0.25, 0.3) is 0 Å². The van der Waals surface area contributed by atoms with E-state index >= 15 is 0 Å². The number of aliphatic hydroxyl groups is 1. The molecule has 4 heteroatoms. The third-order valence-corrected chi connectivity index (χ3v) is 1.81. The summed E-state index contributed by atoms with van der Waals surface area (Å²) in [5.41, 5.74) is -0.649. The zero-order chi connectivity index (χ0) is 7.07. The van der Waals surface area contributed by atoms with Crippen molar-refractivity contribution in [3.8, 4) is 0 Å². The molecule has 0 aliphatic carbocycles. The number of likely N-dealkylation sites (tertiary alicyclic amines) is 1. The monoisotopic (exact) mass is 193 g/mol. The van der Waals surface area contributed by atoms with Gasteiger partial charge in [-0.15, -0.1) is 0 Å². The first-order valence-corrected chi connectivity index (χ1v) is 3.47. The number of hydrogen-bond donors (Lipinski definition) is 1. The second-order valence-electron chi connectivity index (χ2n) is 2.61. The van der Waals surface area contributed by atoms with Crippen LogP contribution in [0.2, 0.25) is 0 Å². The van der Waals surface area contributed by atoms with Gasteiger partial charge in [-0.3, -0.25) is 4.79 Å². The number of amides is 1. The van der Waals surface area contributed by atoms with Crippen molar-refractivity contribution in [1.82, 2.24) is 4.90 Å². The number of halogens is 1. The summed E-state index contributed by atoms with van der Waals surface area (Å²) in [6.07, 6.45) is 0. The predicted octanol–water partition coefficient (Wildman–Crippen LogP) is 0.568. The molecule has 0 aromatic heterocycles. The summed E-state index contributed by atoms with van der Waals surface area (Å²) in [5, 5.41) is 9.12. The average Bonchev–Trinajstić information content (AvgIpc) is 1.59. The molecule has 0 spiro atoms. The van der Waals surface area contributed by atoms with E-state index in [0.717, 1.165) is 0 Å². The zero-order valence-electron chi connectivity index (χ0n) is 5.09. The third kappa shape index (κ3) is 1.43. The highest BCUT2D eigenvalue weighted by Crippen LogP contribution is 2.21. The minimum atomic E-state index is -0.649. The van der Waals surface area contributed by atoms with E-state index in [9.17, 15) is 4.79 Å². The van der Waals surface area contributed by atoms with Gasteiger partial charge in [-0.25, -0.2) is 0 Å². The van der Waals surface area contributed by atoms with Crippen LogP contribution in [-0.4, -0.2) is 33.5 Å². The molecule has 0 aromatic rings. The molecule has 0 aromatic carbocycles. The Morgan fingerprint density at radius 1 is 1.78 bits per heavy atom. The Balaban J connectivity index is 2.35. The van der Waals surface area contributed by atoms with Gasteiger partial charge in [0.1, 0.15) is 0 Å². The summed E-state index contributed by atoms with van der Waals surface area (Å²) in [6, 6.07) is 0. The zero-order valence-corrected chi connectivity index (χ0v) is 6.68. The van der Waals surface area contributed by atoms with Crippen molar-refractivity contribution in [2.24, 2.45) is 0 Å². The summed E-state index contributed by atoms with van der Waals surface area (Å²) >= 11 is 2.78. The fraction of sp³-hybridized carbons (Fsp3) is 0.800. The van der Waals surface area contributed by atoms with Gasteiger partial charge in [-0.2, -0.15) is 0 Å². The van der Waals surface area contributed by atoms with Gasteiger partial charge in [-0.1, -0.05) is 0 Å². The van der Waals surface area contributed by atoms with Crippen molar-refractivity contribution in [3.05, 3.63) is 0 Å². The van der Waals surface area contributed by atoms with Crippen LogP contribution < -0.4 is 0 Å². The lowest BCUT2D eigenvalue weighted by atomic mass is 9.98. The molecule has 0 unspecified atom stereocenters. The molecule has 0 bridgehead atoms. The highest BCUT2D eigenvalue weighted by atomic mass is 79.9. The Bertz CT molecular complexity index is 138. The van der Waals surface area contributed by atoms with Gasteiger partial charge in [0.05, 0.1) is 18.7 Å². The molecule has 3 nitrogen and oxygen atoms in total. The molecule has 1 aliphatic rings. The maximum atomic E-state index is 10.4. The molecular formula is C5H8BrNO2. The topological polar surface area (TPSA) is 40.5 Å². The molecule has 0 atom stereocenters. The Hall–Kier alpha value is -0.0900. The lowest BCUT2D eigenvalue weighted by Gasteiger charge is -2.42. The largest absolute Gasteiger partial charge is 0.386 e. The Labute approximate surface area is 61.8 Å². The molecule has 1 saturated heterocycles. The van der Waals surface area contributed by atoms with E-state index in [2.05, 4.69) is 15.9 Å². The fourth-order valence-corrected chi connectivity index (χ4v) is 1.15. The summed E-state index contributed by atoms with van der Waals surface area (Å²) in [7, 11) is 0. The van der Waals surface area contributed by atoms with Gasteiger partial charge in [0.2, 0.25) is 0 Å². The summed E-state index contributed by atoms with van der Waals surface area (Å²) in [4.78, 5) is 11.8. The molecule has 1 fully saturated rings. The van der Waals surface area contributed by atoms with Crippen LogP contribution in [0.15, 0.2) is 0 Å². The van der Waals surface area contributed by atoms with E-state index in [1.807, 2.05) is 0 Å². The first-order chi connectivity index (χ1) is 4.01. The van der Waals surface area contributed by atoms with Crippen LogP contribution in [0.3, 0.4) is 0 Å². The molecule has 9 heavy (non-hydrogen) atoms. The van der Waals surface area contributed by atoms with Crippen LogP contribution in [-0.2, 0) is 0 Å². The lowest BCUT2D eigenvalue weighted by Crippen LogP contribution is -2.60. The van der Waals surface area contributed by atoms with Crippen molar-refractivity contribution in [2.75, 3.05) is 13.1 Å². The number of nitrogens with zero attached hydrogens (tertiary/aromatic N) is 1. The van der Waals surface area contributed by atoms with Crippen molar-refractivity contribution in [2.45, 2.75) is 12.5 Å². The molecule has 0 radical (unpaired) electrons. The van der Waals surface area contributed by atoms with E-state index in [-0.39, 0.29) is 4.82 Å². The average molecular weight is 194 g/mol. The predicted molar refractivity (Wildman–Crippen MR) is 36.5 cm³/mol. The van der Waals surface area contributed by atoms with Crippen LogP contribution in [0, 0.1) is 0 Å². The first kappa shape index (κ1) is 7.02. The molecule has 1 N–H and O–H groups in total. The molecule has 1 aliphatic heterocycles. The molecule has 1 amide bonds. The van der Waals surface area contributed by atoms with Gasteiger partial charge < -0.3 is 10.0 Å². The van der Waals surface area contributed by atoms with Crippen molar-refractivity contribution < 1.29 is 9.90 Å². The Morgan fingerprint density at radius 3 is 2.33 bits per heavy atom. The lowest BCUT2D eigenvalue weighted by molar-refractivity contribution is -0.0554. The maximum Gasteiger partial charge on any atom is 0.289 e. The third-order valence-electron chi connectivity index (χ3n) is 1.31. The molecule has 0 saturated carbocycles. The number of β-amino-alcohol motifs (C(OH)–C–C–N with tert-alkyl or cyclic N) is 1. The minimum absolute atomic E-state index is 0.144. The Morgan fingerprint density at radius 2 is 2.22 bits per heavy atom. The highest BCUT2D eigenvalue weighted by Gasteiger charge is 2.38. The molecule has 52 valence electrons. The number of carbonyl (C=O) groups excluding carboxylic acids is 1. The van der Waals surface area contributed by atoms with Crippen molar-refractivity contribution in [3.63, 3.8) is 0 Å². The minimum Gasteiger partial charge on any atom is -0.386 e. The number of rotatable bonds is 0. The van der Waals surface area contributed by atoms with E-state index in [1.54, 1.807) is 6.92 Å². The second kappa shape index (κ2) is 1.95. The van der Waals surface area contributed by atoms with Crippen molar-refractivity contribution >= 4 is 20.7 Å². The molecular weight excluding hydrogens is 186 g/mol. The van der Waals surface area contributed by atoms with Gasteiger partial charge >= 0.3 is 0 Å². The van der Waals surface area contributed by atoms with Gasteiger partial charge in [0.25, 0.3) is 4.82 Å². The SMILES string of the molecule is CC1(O)CN(C(=O)Br)C1. The molecule has 1 rings (SSSR count). The van der Waals surface area contributed by atoms with Crippen LogP contribution in [0.1, 0.15) is 6.92 Å². The van der Waals surface area contributed by atoms with Crippen LogP contribution in [0.4, 0.5) is 4.79 Å². The van der Waals surface area contributed by atoms with E-state index in [1.165, 1.54) is 4.90 Å². The fourth-order valence-electron chi connectivity index (χ4n) is 0.900. The van der Waals surface area contributed by atoms with E-state index < -0.39 is 5.60 Å². The quantitative estimate of drug-likeness (QED) is 0.452. The first-order valence-electron chi connectivity index (χ1n) is 2.68. The number of hydrogen-bond acceptors (Lipinski definition) is 2. The standard InChI is InChI=1S/C5H8BrNO2/c1-5(9)2-7(3-5)4(6)8/h9H,2-3H2,1H3. The summed E-state index contributed by atoms with van der Waals surface area (Å²) < 4.78 is 0. The Kier molecular flexibility index (Phi) is 1.52. The van der Waals surface area contributed by atoms with Crippen LogP contribution >= 0.6 is 15.9 Å². The van der Waals surface area contributed by atoms with Gasteiger partial charge in [0.15, 0.2) is 0 Å².